The highest BCUT2D eigenvalue weighted by Gasteiger charge is 2.33. The average molecular weight is 571 g/mol. The second kappa shape index (κ2) is 9.87. The van der Waals surface area contributed by atoms with Crippen LogP contribution in [0.5, 0.6) is 0 Å². The lowest BCUT2D eigenvalue weighted by Gasteiger charge is -2.16. The van der Waals surface area contributed by atoms with E-state index in [2.05, 4.69) is 10.2 Å². The minimum Gasteiger partial charge on any atom is -0.354 e. The molecule has 8 nitrogen and oxygen atoms in total. The molecule has 38 heavy (non-hydrogen) atoms. The number of fused-ring (bicyclic) bond motifs is 1. The maximum Gasteiger partial charge on any atom is 0.259 e. The average Bonchev–Trinajstić information content (AvgIpc) is 3.63. The summed E-state index contributed by atoms with van der Waals surface area (Å²) >= 11 is 12.8. The summed E-state index contributed by atoms with van der Waals surface area (Å²) in [5.74, 6) is 0.187. The number of hydrogen-bond donors (Lipinski definition) is 1. The van der Waals surface area contributed by atoms with Crippen LogP contribution in [0.15, 0.2) is 54.7 Å². The lowest BCUT2D eigenvalue weighted by molar-refractivity contribution is 0.0943. The van der Waals surface area contributed by atoms with E-state index in [9.17, 15) is 13.2 Å². The van der Waals surface area contributed by atoms with Crippen LogP contribution in [0.2, 0.25) is 10.0 Å². The fourth-order valence-electron chi connectivity index (χ4n) is 5.26. The van der Waals surface area contributed by atoms with E-state index in [0.717, 1.165) is 48.3 Å². The third-order valence-electron chi connectivity index (χ3n) is 7.11. The fraction of sp³-hybridized carbons (Fsp3) is 0.296. The highest BCUT2D eigenvalue weighted by atomic mass is 35.5. The van der Waals surface area contributed by atoms with Crippen LogP contribution < -0.4 is 10.2 Å². The minimum absolute atomic E-state index is 0.0584. The van der Waals surface area contributed by atoms with Gasteiger partial charge in [-0.25, -0.2) is 17.9 Å². The van der Waals surface area contributed by atoms with Crippen LogP contribution in [0.4, 0.5) is 5.82 Å². The topological polar surface area (TPSA) is 96.7 Å². The van der Waals surface area contributed by atoms with Gasteiger partial charge in [-0.05, 0) is 37.5 Å². The van der Waals surface area contributed by atoms with Crippen LogP contribution in [-0.4, -0.2) is 59.6 Å². The fourth-order valence-corrected chi connectivity index (χ4v) is 7.29. The molecule has 2 aliphatic heterocycles. The summed E-state index contributed by atoms with van der Waals surface area (Å²) in [5.41, 5.74) is 3.84. The predicted octanol–water partition coefficient (Wildman–Crippen LogP) is 4.89. The van der Waals surface area contributed by atoms with Crippen molar-refractivity contribution in [3.63, 3.8) is 0 Å². The Bertz CT molecular complexity index is 1650. The van der Waals surface area contributed by atoms with Crippen LogP contribution in [-0.2, 0) is 9.84 Å². The number of carbonyl (C=O) groups excluding carboxylic acids is 1. The van der Waals surface area contributed by atoms with Gasteiger partial charge in [-0.3, -0.25) is 4.79 Å². The van der Waals surface area contributed by atoms with Crippen LogP contribution in [0.1, 0.15) is 29.6 Å². The molecule has 0 aliphatic carbocycles. The number of hydrogen-bond acceptors (Lipinski definition) is 6. The molecular formula is C27H25Cl2N5O3S. The van der Waals surface area contributed by atoms with Gasteiger partial charge in [-0.2, -0.15) is 0 Å². The Morgan fingerprint density at radius 3 is 2.42 bits per heavy atom. The standard InChI is InChI=1S/C27H25Cl2N5O3S/c28-18-9-7-17(8-10-18)24-21(20-5-1-2-6-22(20)29)15-30-25-23(26(32-34(24)25)33-12-3-4-13-33)27(35)31-19-11-14-38(36,37)16-19/h1-2,5-10,15,19H,3-4,11-14,16H2,(H,31,35)/t19-/m1/s1. The zero-order valence-corrected chi connectivity index (χ0v) is 22.7. The zero-order valence-electron chi connectivity index (χ0n) is 20.4. The van der Waals surface area contributed by atoms with Gasteiger partial charge in [0.05, 0.1) is 17.2 Å². The largest absolute Gasteiger partial charge is 0.354 e. The summed E-state index contributed by atoms with van der Waals surface area (Å²) in [6.45, 7) is 1.55. The van der Waals surface area contributed by atoms with Crippen molar-refractivity contribution >= 4 is 50.4 Å². The number of rotatable bonds is 5. The molecule has 2 saturated heterocycles. The third kappa shape index (κ3) is 4.63. The van der Waals surface area contributed by atoms with Crippen molar-refractivity contribution in [2.24, 2.45) is 0 Å². The summed E-state index contributed by atoms with van der Waals surface area (Å²) in [5, 5.41) is 9.06. The number of nitrogens with one attached hydrogen (secondary N) is 1. The van der Waals surface area contributed by atoms with Crippen molar-refractivity contribution in [2.45, 2.75) is 25.3 Å². The van der Waals surface area contributed by atoms with E-state index in [1.807, 2.05) is 36.4 Å². The van der Waals surface area contributed by atoms with Crippen LogP contribution in [0.25, 0.3) is 28.0 Å². The number of amides is 1. The SMILES string of the molecule is O=C(N[C@@H]1CCS(=O)(=O)C1)c1c(N2CCCC2)nn2c(-c3ccc(Cl)cc3)c(-c3ccccc3Cl)cnc12. The number of halogens is 2. The predicted molar refractivity (Wildman–Crippen MR) is 150 cm³/mol. The summed E-state index contributed by atoms with van der Waals surface area (Å²) in [6.07, 6.45) is 4.11. The summed E-state index contributed by atoms with van der Waals surface area (Å²) < 4.78 is 25.7. The van der Waals surface area contributed by atoms with E-state index in [1.54, 1.807) is 22.8 Å². The van der Waals surface area contributed by atoms with Crippen LogP contribution in [0, 0.1) is 0 Å². The molecule has 0 saturated carbocycles. The van der Waals surface area contributed by atoms with E-state index in [0.29, 0.717) is 33.5 Å². The lowest BCUT2D eigenvalue weighted by atomic mass is 10.0. The van der Waals surface area contributed by atoms with Gasteiger partial charge in [0.1, 0.15) is 5.56 Å². The first-order valence-electron chi connectivity index (χ1n) is 12.5. The molecule has 4 heterocycles. The molecule has 1 N–H and O–H groups in total. The summed E-state index contributed by atoms with van der Waals surface area (Å²) in [7, 11) is -3.15. The van der Waals surface area contributed by atoms with Crippen molar-refractivity contribution < 1.29 is 13.2 Å². The molecule has 0 unspecified atom stereocenters. The molecule has 1 atom stereocenters. The van der Waals surface area contributed by atoms with E-state index < -0.39 is 15.9 Å². The third-order valence-corrected chi connectivity index (χ3v) is 9.46. The number of carbonyl (C=O) groups is 1. The zero-order chi connectivity index (χ0) is 26.4. The number of benzene rings is 2. The molecule has 2 aromatic carbocycles. The molecule has 11 heteroatoms. The quantitative estimate of drug-likeness (QED) is 0.367. The maximum absolute atomic E-state index is 13.7. The Morgan fingerprint density at radius 1 is 1.00 bits per heavy atom. The normalized spacial score (nSPS) is 18.8. The summed E-state index contributed by atoms with van der Waals surface area (Å²) in [4.78, 5) is 20.5. The molecule has 6 rings (SSSR count). The van der Waals surface area contributed by atoms with Crippen molar-refractivity contribution in [1.29, 1.82) is 0 Å². The van der Waals surface area contributed by atoms with Gasteiger partial charge in [0, 0.05) is 52.1 Å². The number of anilines is 1. The Kier molecular flexibility index (Phi) is 6.53. The smallest absolute Gasteiger partial charge is 0.259 e. The van der Waals surface area contributed by atoms with Crippen molar-refractivity contribution in [3.8, 4) is 22.4 Å². The number of aromatic nitrogens is 3. The molecule has 2 aliphatic rings. The first-order valence-corrected chi connectivity index (χ1v) is 15.1. The van der Waals surface area contributed by atoms with Crippen LogP contribution >= 0.6 is 23.2 Å². The van der Waals surface area contributed by atoms with Crippen molar-refractivity contribution in [3.05, 3.63) is 70.3 Å². The second-order valence-electron chi connectivity index (χ2n) is 9.71. The molecule has 0 bridgehead atoms. The molecule has 0 radical (unpaired) electrons. The monoisotopic (exact) mass is 569 g/mol. The second-order valence-corrected chi connectivity index (χ2v) is 12.8. The Balaban J connectivity index is 1.57. The Morgan fingerprint density at radius 2 is 1.74 bits per heavy atom. The summed E-state index contributed by atoms with van der Waals surface area (Å²) in [6, 6.07) is 14.5. The van der Waals surface area contributed by atoms with Crippen molar-refractivity contribution in [1.82, 2.24) is 19.9 Å². The van der Waals surface area contributed by atoms with Gasteiger partial charge in [0.25, 0.3) is 5.91 Å². The van der Waals surface area contributed by atoms with Gasteiger partial charge in [0.15, 0.2) is 21.3 Å². The van der Waals surface area contributed by atoms with Gasteiger partial charge < -0.3 is 10.2 Å². The molecule has 4 aromatic rings. The molecule has 1 amide bonds. The lowest BCUT2D eigenvalue weighted by Crippen LogP contribution is -2.36. The van der Waals surface area contributed by atoms with Gasteiger partial charge in [-0.1, -0.05) is 53.5 Å². The van der Waals surface area contributed by atoms with Crippen molar-refractivity contribution in [2.75, 3.05) is 29.5 Å². The molecule has 2 fully saturated rings. The maximum atomic E-state index is 13.7. The minimum atomic E-state index is -3.15. The first kappa shape index (κ1) is 25.2. The van der Waals surface area contributed by atoms with E-state index in [-0.39, 0.29) is 17.4 Å². The van der Waals surface area contributed by atoms with Gasteiger partial charge in [0.2, 0.25) is 0 Å². The Labute approximate surface area is 230 Å². The van der Waals surface area contributed by atoms with E-state index in [1.165, 1.54) is 0 Å². The molecule has 0 spiro atoms. The molecule has 196 valence electrons. The van der Waals surface area contributed by atoms with Gasteiger partial charge >= 0.3 is 0 Å². The highest BCUT2D eigenvalue weighted by molar-refractivity contribution is 7.91. The van der Waals surface area contributed by atoms with Gasteiger partial charge in [-0.15, -0.1) is 5.10 Å². The Hall–Kier alpha value is -3.14. The molecule has 2 aromatic heterocycles. The number of sulfone groups is 1. The van der Waals surface area contributed by atoms with Crippen LogP contribution in [0.3, 0.4) is 0 Å². The molecular weight excluding hydrogens is 545 g/mol. The highest BCUT2D eigenvalue weighted by Crippen LogP contribution is 2.38. The van der Waals surface area contributed by atoms with E-state index >= 15 is 0 Å². The van der Waals surface area contributed by atoms with E-state index in [4.69, 9.17) is 33.3 Å². The first-order chi connectivity index (χ1) is 18.3. The number of nitrogens with zero attached hydrogens (tertiary/aromatic N) is 4.